The number of nitrogens with zero attached hydrogens (tertiary/aromatic N) is 1. The zero-order chi connectivity index (χ0) is 9.98. The molecular formula is C10H25NO. The number of rotatable bonds is 5. The Bertz CT molecular complexity index is 76.2. The van der Waals surface area contributed by atoms with Gasteiger partial charge in [0.1, 0.15) is 0 Å². The fraction of sp³-hybridized carbons (Fsp3) is 1.00. The summed E-state index contributed by atoms with van der Waals surface area (Å²) in [6.45, 7) is 10.3. The molecule has 2 nitrogen and oxygen atoms in total. The highest BCUT2D eigenvalue weighted by Crippen LogP contribution is 2.00. The summed E-state index contributed by atoms with van der Waals surface area (Å²) in [6.07, 6.45) is 1.16. The molecule has 2 heteroatoms. The van der Waals surface area contributed by atoms with Crippen LogP contribution in [-0.2, 0) is 4.74 Å². The van der Waals surface area contributed by atoms with E-state index in [4.69, 9.17) is 4.74 Å². The van der Waals surface area contributed by atoms with Gasteiger partial charge in [-0.2, -0.15) is 0 Å². The van der Waals surface area contributed by atoms with E-state index in [-0.39, 0.29) is 0 Å². The van der Waals surface area contributed by atoms with Crippen LogP contribution in [0.2, 0.25) is 0 Å². The van der Waals surface area contributed by atoms with E-state index in [1.807, 2.05) is 13.8 Å². The molecule has 0 amide bonds. The number of hydrogen-bond donors (Lipinski definition) is 0. The van der Waals surface area contributed by atoms with Crippen LogP contribution in [-0.4, -0.2) is 38.3 Å². The summed E-state index contributed by atoms with van der Waals surface area (Å²) in [4.78, 5) is 2.31. The van der Waals surface area contributed by atoms with E-state index in [0.29, 0.717) is 6.04 Å². The lowest BCUT2D eigenvalue weighted by Gasteiger charge is -2.24. The van der Waals surface area contributed by atoms with E-state index in [1.54, 1.807) is 7.11 Å². The van der Waals surface area contributed by atoms with Crippen LogP contribution < -0.4 is 0 Å². The summed E-state index contributed by atoms with van der Waals surface area (Å²) in [5.74, 6) is 0. The molecule has 0 fully saturated rings. The van der Waals surface area contributed by atoms with Crippen LogP contribution in [0.5, 0.6) is 0 Å². The first-order valence-electron chi connectivity index (χ1n) is 4.95. The van der Waals surface area contributed by atoms with Gasteiger partial charge < -0.3 is 9.64 Å². The zero-order valence-corrected chi connectivity index (χ0v) is 9.55. The van der Waals surface area contributed by atoms with Crippen molar-refractivity contribution in [1.29, 1.82) is 0 Å². The van der Waals surface area contributed by atoms with Crippen molar-refractivity contribution >= 4 is 0 Å². The van der Waals surface area contributed by atoms with Crippen molar-refractivity contribution in [2.24, 2.45) is 0 Å². The van der Waals surface area contributed by atoms with Crippen molar-refractivity contribution in [2.75, 3.05) is 27.3 Å². The molecule has 0 aromatic rings. The van der Waals surface area contributed by atoms with Crippen molar-refractivity contribution < 1.29 is 4.74 Å². The molecule has 0 aliphatic rings. The van der Waals surface area contributed by atoms with Crippen LogP contribution in [0.15, 0.2) is 0 Å². The number of ether oxygens (including phenoxy) is 1. The van der Waals surface area contributed by atoms with Gasteiger partial charge in [0.15, 0.2) is 0 Å². The minimum absolute atomic E-state index is 0.593. The maximum atomic E-state index is 5.08. The average molecular weight is 175 g/mol. The second kappa shape index (κ2) is 10.9. The molecule has 0 saturated heterocycles. The van der Waals surface area contributed by atoms with Gasteiger partial charge in [0.25, 0.3) is 0 Å². The van der Waals surface area contributed by atoms with Crippen molar-refractivity contribution in [3.8, 4) is 0 Å². The van der Waals surface area contributed by atoms with E-state index in [9.17, 15) is 0 Å². The maximum Gasteiger partial charge on any atom is 0.0617 e. The molecule has 0 saturated carbocycles. The summed E-state index contributed by atoms with van der Waals surface area (Å²) in [6, 6.07) is 0.593. The number of likely N-dealkylation sites (N-methyl/N-ethyl adjacent to an activating group) is 1. The third-order valence-corrected chi connectivity index (χ3v) is 1.95. The summed E-state index contributed by atoms with van der Waals surface area (Å²) >= 11 is 0. The van der Waals surface area contributed by atoms with Gasteiger partial charge in [0.05, 0.1) is 6.61 Å². The lowest BCUT2D eigenvalue weighted by atomic mass is 10.2. The maximum absolute atomic E-state index is 5.08. The van der Waals surface area contributed by atoms with Crippen LogP contribution in [0.4, 0.5) is 0 Å². The number of hydrogen-bond acceptors (Lipinski definition) is 2. The van der Waals surface area contributed by atoms with Crippen LogP contribution >= 0.6 is 0 Å². The summed E-state index contributed by atoms with van der Waals surface area (Å²) in [5, 5.41) is 0. The van der Waals surface area contributed by atoms with Crippen LogP contribution in [0.25, 0.3) is 0 Å². The fourth-order valence-electron chi connectivity index (χ4n) is 1.01. The van der Waals surface area contributed by atoms with E-state index < -0.39 is 0 Å². The molecule has 0 aromatic carbocycles. The topological polar surface area (TPSA) is 12.5 Å². The highest BCUT2D eigenvalue weighted by atomic mass is 16.5. The lowest BCUT2D eigenvalue weighted by molar-refractivity contribution is 0.107. The van der Waals surface area contributed by atoms with Gasteiger partial charge in [-0.05, 0) is 20.0 Å². The van der Waals surface area contributed by atoms with E-state index >= 15 is 0 Å². The second-order valence-corrected chi connectivity index (χ2v) is 2.59. The molecule has 0 spiro atoms. The Morgan fingerprint density at radius 2 is 1.75 bits per heavy atom. The van der Waals surface area contributed by atoms with Crippen molar-refractivity contribution in [3.63, 3.8) is 0 Å². The molecule has 0 heterocycles. The molecule has 0 aliphatic heterocycles. The Morgan fingerprint density at radius 1 is 1.25 bits per heavy atom. The lowest BCUT2D eigenvalue weighted by Crippen LogP contribution is -2.34. The highest BCUT2D eigenvalue weighted by Gasteiger charge is 2.08. The molecule has 0 aromatic heterocycles. The molecule has 0 aliphatic carbocycles. The number of methoxy groups -OCH3 is 1. The first kappa shape index (κ1) is 14.4. The van der Waals surface area contributed by atoms with Crippen molar-refractivity contribution in [2.45, 2.75) is 40.2 Å². The van der Waals surface area contributed by atoms with E-state index in [2.05, 4.69) is 25.8 Å². The largest absolute Gasteiger partial charge is 0.383 e. The van der Waals surface area contributed by atoms with Gasteiger partial charge in [-0.25, -0.2) is 0 Å². The van der Waals surface area contributed by atoms with Gasteiger partial charge >= 0.3 is 0 Å². The SMILES string of the molecule is CC.CCC(COC)N(C)CC. The average Bonchev–Trinajstić information content (AvgIpc) is 2.16. The predicted octanol–water partition coefficient (Wildman–Crippen LogP) is 2.39. The second-order valence-electron chi connectivity index (χ2n) is 2.59. The molecule has 1 atom stereocenters. The van der Waals surface area contributed by atoms with Crippen molar-refractivity contribution in [1.82, 2.24) is 4.90 Å². The van der Waals surface area contributed by atoms with E-state index in [0.717, 1.165) is 19.6 Å². The Hall–Kier alpha value is -0.0800. The minimum atomic E-state index is 0.593. The molecule has 0 rings (SSSR count). The fourth-order valence-corrected chi connectivity index (χ4v) is 1.01. The van der Waals surface area contributed by atoms with Gasteiger partial charge in [-0.15, -0.1) is 0 Å². The zero-order valence-electron chi connectivity index (χ0n) is 9.55. The normalized spacial score (nSPS) is 12.2. The highest BCUT2D eigenvalue weighted by molar-refractivity contribution is 4.63. The Morgan fingerprint density at radius 3 is 2.00 bits per heavy atom. The quantitative estimate of drug-likeness (QED) is 0.636. The molecule has 0 bridgehead atoms. The summed E-state index contributed by atoms with van der Waals surface area (Å²) < 4.78 is 5.08. The van der Waals surface area contributed by atoms with Gasteiger partial charge in [0, 0.05) is 13.2 Å². The molecule has 0 N–H and O–H groups in total. The standard InChI is InChI=1S/C8H19NO.C2H6/c1-5-8(7-10-4)9(3)6-2;1-2/h8H,5-7H2,1-4H3;1-2H3. The van der Waals surface area contributed by atoms with Gasteiger partial charge in [-0.3, -0.25) is 0 Å². The van der Waals surface area contributed by atoms with Gasteiger partial charge in [-0.1, -0.05) is 27.7 Å². The summed E-state index contributed by atoms with van der Waals surface area (Å²) in [7, 11) is 3.89. The Kier molecular flexibility index (Phi) is 13.1. The molecule has 76 valence electrons. The van der Waals surface area contributed by atoms with Gasteiger partial charge in [0.2, 0.25) is 0 Å². The van der Waals surface area contributed by atoms with E-state index in [1.165, 1.54) is 0 Å². The molecule has 12 heavy (non-hydrogen) atoms. The first-order chi connectivity index (χ1) is 5.76. The first-order valence-corrected chi connectivity index (χ1v) is 4.95. The van der Waals surface area contributed by atoms with Crippen LogP contribution in [0.3, 0.4) is 0 Å². The Balaban J connectivity index is 0. The predicted molar refractivity (Wildman–Crippen MR) is 55.6 cm³/mol. The molecule has 1 unspecified atom stereocenters. The monoisotopic (exact) mass is 175 g/mol. The summed E-state index contributed by atoms with van der Waals surface area (Å²) in [5.41, 5.74) is 0. The third kappa shape index (κ3) is 6.62. The van der Waals surface area contributed by atoms with Crippen LogP contribution in [0, 0.1) is 0 Å². The smallest absolute Gasteiger partial charge is 0.0617 e. The third-order valence-electron chi connectivity index (χ3n) is 1.95. The Labute approximate surface area is 77.9 Å². The van der Waals surface area contributed by atoms with Crippen LogP contribution in [0.1, 0.15) is 34.1 Å². The molecular weight excluding hydrogens is 150 g/mol. The molecule has 0 radical (unpaired) electrons. The van der Waals surface area contributed by atoms with Crippen molar-refractivity contribution in [3.05, 3.63) is 0 Å². The minimum Gasteiger partial charge on any atom is -0.383 e.